The Bertz CT molecular complexity index is 1370. The fourth-order valence-electron chi connectivity index (χ4n) is 5.76. The lowest BCUT2D eigenvalue weighted by atomic mass is 9.97. The van der Waals surface area contributed by atoms with Gasteiger partial charge in [0.05, 0.1) is 6.04 Å². The van der Waals surface area contributed by atoms with Crippen molar-refractivity contribution in [3.63, 3.8) is 0 Å². The summed E-state index contributed by atoms with van der Waals surface area (Å²) in [6.07, 6.45) is 0.557. The van der Waals surface area contributed by atoms with Crippen molar-refractivity contribution in [2.24, 2.45) is 0 Å². The summed E-state index contributed by atoms with van der Waals surface area (Å²) in [6.45, 7) is 1.97. The number of urea groups is 1. The van der Waals surface area contributed by atoms with Crippen LogP contribution in [-0.4, -0.2) is 57.6 Å². The number of amides is 5. The Morgan fingerprint density at radius 2 is 1.53 bits per heavy atom. The van der Waals surface area contributed by atoms with E-state index in [9.17, 15) is 19.2 Å². The van der Waals surface area contributed by atoms with Gasteiger partial charge in [0, 0.05) is 38.2 Å². The molecule has 3 heterocycles. The molecule has 0 spiro atoms. The number of carbonyl (C=O) groups excluding carboxylic acids is 4. The van der Waals surface area contributed by atoms with E-state index in [1.54, 1.807) is 11.0 Å². The Kier molecular flexibility index (Phi) is 6.15. The third-order valence-corrected chi connectivity index (χ3v) is 7.63. The molecular formula is C30H28N4O4. The van der Waals surface area contributed by atoms with E-state index in [0.717, 1.165) is 22.3 Å². The van der Waals surface area contributed by atoms with E-state index in [0.29, 0.717) is 38.2 Å². The van der Waals surface area contributed by atoms with Crippen LogP contribution in [0.3, 0.4) is 0 Å². The highest BCUT2D eigenvalue weighted by Crippen LogP contribution is 2.33. The summed E-state index contributed by atoms with van der Waals surface area (Å²) in [7, 11) is 0. The molecule has 1 N–H and O–H groups in total. The van der Waals surface area contributed by atoms with E-state index in [1.807, 2.05) is 58.3 Å². The van der Waals surface area contributed by atoms with Crippen LogP contribution >= 0.6 is 0 Å². The molecular weight excluding hydrogens is 480 g/mol. The molecule has 3 aromatic carbocycles. The molecule has 2 saturated heterocycles. The highest BCUT2D eigenvalue weighted by molar-refractivity contribution is 6.05. The minimum atomic E-state index is -0.641. The molecule has 2 fully saturated rings. The van der Waals surface area contributed by atoms with Crippen molar-refractivity contribution in [3.05, 3.63) is 107 Å². The maximum atomic E-state index is 13.6. The van der Waals surface area contributed by atoms with Crippen molar-refractivity contribution < 1.29 is 19.2 Å². The van der Waals surface area contributed by atoms with E-state index >= 15 is 0 Å². The van der Waals surface area contributed by atoms with Crippen LogP contribution in [0.2, 0.25) is 0 Å². The Balaban J connectivity index is 1.19. The topological polar surface area (TPSA) is 90.0 Å². The summed E-state index contributed by atoms with van der Waals surface area (Å²) >= 11 is 0. The number of fused-ring (bicyclic) bond motifs is 1. The highest BCUT2D eigenvalue weighted by atomic mass is 16.2. The van der Waals surface area contributed by atoms with Crippen molar-refractivity contribution in [1.82, 2.24) is 20.0 Å². The van der Waals surface area contributed by atoms with Gasteiger partial charge in [-0.2, -0.15) is 0 Å². The summed E-state index contributed by atoms with van der Waals surface area (Å²) in [4.78, 5) is 55.8. The van der Waals surface area contributed by atoms with Gasteiger partial charge in [-0.15, -0.1) is 0 Å². The number of hydrogen-bond acceptors (Lipinski definition) is 4. The molecule has 8 nitrogen and oxygen atoms in total. The zero-order valence-electron chi connectivity index (χ0n) is 20.9. The smallest absolute Gasteiger partial charge is 0.321 e. The SMILES string of the molecule is O=C1CCC(N2Cc3cc(CN4CCN(C(c5ccccc5)c5ccccc5)C4=O)ccc3C2=O)C(=O)N1. The van der Waals surface area contributed by atoms with Crippen LogP contribution in [0.1, 0.15) is 51.5 Å². The van der Waals surface area contributed by atoms with Gasteiger partial charge in [0.25, 0.3) is 5.91 Å². The fraction of sp³-hybridized carbons (Fsp3) is 0.267. The molecule has 0 radical (unpaired) electrons. The quantitative estimate of drug-likeness (QED) is 0.517. The number of hydrogen-bond donors (Lipinski definition) is 1. The van der Waals surface area contributed by atoms with Crippen molar-refractivity contribution in [2.75, 3.05) is 13.1 Å². The van der Waals surface area contributed by atoms with Crippen molar-refractivity contribution in [1.29, 1.82) is 0 Å². The number of rotatable bonds is 6. The van der Waals surface area contributed by atoms with Gasteiger partial charge in [-0.05, 0) is 34.7 Å². The minimum absolute atomic E-state index is 0.0237. The second kappa shape index (κ2) is 9.78. The van der Waals surface area contributed by atoms with Gasteiger partial charge in [0.1, 0.15) is 6.04 Å². The zero-order chi connectivity index (χ0) is 26.2. The monoisotopic (exact) mass is 508 g/mol. The number of nitrogens with one attached hydrogen (secondary N) is 1. The predicted molar refractivity (Wildman–Crippen MR) is 140 cm³/mol. The molecule has 192 valence electrons. The number of carbonyl (C=O) groups is 4. The maximum Gasteiger partial charge on any atom is 0.321 e. The van der Waals surface area contributed by atoms with Crippen LogP contribution < -0.4 is 5.32 Å². The summed E-state index contributed by atoms with van der Waals surface area (Å²) in [5.74, 6) is -0.918. The van der Waals surface area contributed by atoms with E-state index in [2.05, 4.69) is 29.6 Å². The number of benzene rings is 3. The molecule has 38 heavy (non-hydrogen) atoms. The van der Waals surface area contributed by atoms with Gasteiger partial charge < -0.3 is 14.7 Å². The molecule has 1 atom stereocenters. The van der Waals surface area contributed by atoms with Crippen LogP contribution in [0, 0.1) is 0 Å². The summed E-state index contributed by atoms with van der Waals surface area (Å²) in [5, 5.41) is 2.33. The molecule has 1 unspecified atom stereocenters. The second-order valence-electron chi connectivity index (χ2n) is 10.0. The molecule has 0 aliphatic carbocycles. The Morgan fingerprint density at radius 3 is 2.18 bits per heavy atom. The number of nitrogens with zero attached hydrogens (tertiary/aromatic N) is 3. The second-order valence-corrected chi connectivity index (χ2v) is 10.0. The van der Waals surface area contributed by atoms with E-state index in [1.165, 1.54) is 0 Å². The third kappa shape index (κ3) is 4.32. The third-order valence-electron chi connectivity index (χ3n) is 7.63. The van der Waals surface area contributed by atoms with Gasteiger partial charge in [0.15, 0.2) is 0 Å². The summed E-state index contributed by atoms with van der Waals surface area (Å²) in [6, 6.07) is 24.9. The fourth-order valence-corrected chi connectivity index (χ4v) is 5.76. The normalized spacial score (nSPS) is 19.4. The molecule has 3 aromatic rings. The molecule has 5 amide bonds. The van der Waals surface area contributed by atoms with Gasteiger partial charge in [-0.1, -0.05) is 72.8 Å². The predicted octanol–water partition coefficient (Wildman–Crippen LogP) is 3.47. The highest BCUT2D eigenvalue weighted by Gasteiger charge is 2.39. The first-order valence-corrected chi connectivity index (χ1v) is 12.9. The first-order valence-electron chi connectivity index (χ1n) is 12.9. The first-order chi connectivity index (χ1) is 18.5. The van der Waals surface area contributed by atoms with Crippen LogP contribution in [0.25, 0.3) is 0 Å². The van der Waals surface area contributed by atoms with E-state index in [4.69, 9.17) is 0 Å². The van der Waals surface area contributed by atoms with Crippen LogP contribution in [-0.2, 0) is 22.7 Å². The van der Waals surface area contributed by atoms with Crippen molar-refractivity contribution >= 4 is 23.8 Å². The van der Waals surface area contributed by atoms with E-state index in [-0.39, 0.29) is 30.3 Å². The van der Waals surface area contributed by atoms with Gasteiger partial charge in [-0.3, -0.25) is 19.7 Å². The van der Waals surface area contributed by atoms with Crippen LogP contribution in [0.5, 0.6) is 0 Å². The lowest BCUT2D eigenvalue weighted by Gasteiger charge is -2.29. The molecule has 0 saturated carbocycles. The van der Waals surface area contributed by atoms with Gasteiger partial charge in [0.2, 0.25) is 11.8 Å². The van der Waals surface area contributed by atoms with Gasteiger partial charge in [-0.25, -0.2) is 4.79 Å². The first kappa shape index (κ1) is 23.9. The van der Waals surface area contributed by atoms with Crippen LogP contribution in [0.15, 0.2) is 78.9 Å². The standard InChI is InChI=1S/C30H28N4O4/c35-26-14-13-25(28(36)31-26)34-19-23-17-20(11-12-24(23)29(34)37)18-32-15-16-33(30(32)38)27(21-7-3-1-4-8-21)22-9-5-2-6-10-22/h1-12,17,25,27H,13-16,18-19H2,(H,31,35,36). The zero-order valence-corrected chi connectivity index (χ0v) is 20.9. The molecule has 3 aliphatic heterocycles. The summed E-state index contributed by atoms with van der Waals surface area (Å²) < 4.78 is 0. The van der Waals surface area contributed by atoms with E-state index < -0.39 is 11.9 Å². The molecule has 0 bridgehead atoms. The van der Waals surface area contributed by atoms with Crippen LogP contribution in [0.4, 0.5) is 4.79 Å². The molecule has 8 heteroatoms. The van der Waals surface area contributed by atoms with Crippen molar-refractivity contribution in [2.45, 2.75) is 38.0 Å². The maximum absolute atomic E-state index is 13.6. The Hall–Kier alpha value is -4.46. The molecule has 3 aliphatic rings. The average molecular weight is 509 g/mol. The van der Waals surface area contributed by atoms with Crippen molar-refractivity contribution in [3.8, 4) is 0 Å². The minimum Gasteiger partial charge on any atom is -0.322 e. The lowest BCUT2D eigenvalue weighted by molar-refractivity contribution is -0.136. The average Bonchev–Trinajstić information content (AvgIpc) is 3.44. The summed E-state index contributed by atoms with van der Waals surface area (Å²) in [5.41, 5.74) is 4.48. The number of piperidine rings is 1. The van der Waals surface area contributed by atoms with Gasteiger partial charge >= 0.3 is 6.03 Å². The molecule has 6 rings (SSSR count). The molecule has 0 aromatic heterocycles. The lowest BCUT2D eigenvalue weighted by Crippen LogP contribution is -2.52. The Labute approximate surface area is 220 Å². The number of imide groups is 1. The Morgan fingerprint density at radius 1 is 0.842 bits per heavy atom. The largest absolute Gasteiger partial charge is 0.322 e.